The van der Waals surface area contributed by atoms with Gasteiger partial charge in [-0.1, -0.05) is 51.2 Å². The molecule has 4 aliphatic rings. The quantitative estimate of drug-likeness (QED) is 0.470. The molecular formula is C29H46O3. The number of hydrogen-bond acceptors (Lipinski definition) is 3. The number of aliphatic hydroxyl groups is 2. The zero-order chi connectivity index (χ0) is 23.5. The fourth-order valence-electron chi connectivity index (χ4n) is 7.77. The van der Waals surface area contributed by atoms with Crippen LogP contribution in [-0.4, -0.2) is 35.1 Å². The van der Waals surface area contributed by atoms with Gasteiger partial charge in [-0.05, 0) is 93.5 Å². The fraction of sp³-hybridized carbons (Fsp3) is 0.793. The molecule has 0 radical (unpaired) electrons. The first-order valence-corrected chi connectivity index (χ1v) is 13.0. The topological polar surface area (TPSA) is 49.7 Å². The molecule has 4 rings (SSSR count). The highest BCUT2D eigenvalue weighted by Gasteiger charge is 2.66. The molecule has 4 aliphatic carbocycles. The molecule has 4 saturated carbocycles. The van der Waals surface area contributed by atoms with Gasteiger partial charge in [0.05, 0.1) is 17.8 Å². The standard InChI is InChI=1S/C29H46O3/c1-18(10-11-19(2)27(4,5)31)23-12-13-24-21(9-8-14-28(23,24)6)15-26(32-7)29-17-22(29)16-25(30)20(29)3/h10-11,15,18-19,22-26,30-31H,3,8-9,12-14,16-17H2,1-2,4-7H3/b11-10+,21-15+/t18-,19+,22?,23?,24+,25+,26?,28-,29?/m1/s1. The summed E-state index contributed by atoms with van der Waals surface area (Å²) >= 11 is 0. The number of allylic oxidation sites excluding steroid dienone is 2. The van der Waals surface area contributed by atoms with Crippen molar-refractivity contribution in [3.63, 3.8) is 0 Å². The molecule has 0 aromatic heterocycles. The highest BCUT2D eigenvalue weighted by molar-refractivity contribution is 5.38. The Morgan fingerprint density at radius 3 is 2.53 bits per heavy atom. The van der Waals surface area contributed by atoms with Crippen LogP contribution in [0.4, 0.5) is 0 Å². The summed E-state index contributed by atoms with van der Waals surface area (Å²) in [6.07, 6.45) is 15.0. The number of rotatable bonds is 7. The third kappa shape index (κ3) is 3.87. The number of ether oxygens (including phenoxy) is 1. The average Bonchev–Trinajstić information content (AvgIpc) is 3.23. The van der Waals surface area contributed by atoms with Gasteiger partial charge in [-0.25, -0.2) is 0 Å². The number of aliphatic hydroxyl groups excluding tert-OH is 1. The summed E-state index contributed by atoms with van der Waals surface area (Å²) in [6.45, 7) is 15.1. The van der Waals surface area contributed by atoms with Crippen LogP contribution in [0, 0.1) is 40.4 Å². The Hall–Kier alpha value is -0.900. The fourth-order valence-corrected chi connectivity index (χ4v) is 7.77. The van der Waals surface area contributed by atoms with Gasteiger partial charge in [0.15, 0.2) is 0 Å². The van der Waals surface area contributed by atoms with Crippen LogP contribution in [0.2, 0.25) is 0 Å². The second-order valence-corrected chi connectivity index (χ2v) is 12.4. The van der Waals surface area contributed by atoms with Crippen molar-refractivity contribution in [3.8, 4) is 0 Å². The van der Waals surface area contributed by atoms with Gasteiger partial charge < -0.3 is 14.9 Å². The third-order valence-electron chi connectivity index (χ3n) is 10.3. The zero-order valence-electron chi connectivity index (χ0n) is 21.2. The van der Waals surface area contributed by atoms with E-state index >= 15 is 0 Å². The predicted molar refractivity (Wildman–Crippen MR) is 131 cm³/mol. The van der Waals surface area contributed by atoms with Crippen molar-refractivity contribution in [1.29, 1.82) is 0 Å². The van der Waals surface area contributed by atoms with Gasteiger partial charge >= 0.3 is 0 Å². The van der Waals surface area contributed by atoms with Gasteiger partial charge in [-0.3, -0.25) is 0 Å². The summed E-state index contributed by atoms with van der Waals surface area (Å²) in [7, 11) is 1.83. The zero-order valence-corrected chi connectivity index (χ0v) is 21.2. The Morgan fingerprint density at radius 1 is 1.22 bits per heavy atom. The van der Waals surface area contributed by atoms with E-state index in [0.29, 0.717) is 29.1 Å². The molecular weight excluding hydrogens is 396 g/mol. The first-order valence-electron chi connectivity index (χ1n) is 13.0. The van der Waals surface area contributed by atoms with Crippen LogP contribution in [-0.2, 0) is 4.74 Å². The first kappa shape index (κ1) is 24.2. The lowest BCUT2D eigenvalue weighted by atomic mass is 9.61. The van der Waals surface area contributed by atoms with E-state index in [0.717, 1.165) is 18.4 Å². The summed E-state index contributed by atoms with van der Waals surface area (Å²) in [5.41, 5.74) is 2.25. The monoisotopic (exact) mass is 442 g/mol. The van der Waals surface area contributed by atoms with Crippen molar-refractivity contribution in [1.82, 2.24) is 0 Å². The van der Waals surface area contributed by atoms with Crippen LogP contribution in [0.1, 0.15) is 79.6 Å². The molecule has 4 unspecified atom stereocenters. The molecule has 180 valence electrons. The lowest BCUT2D eigenvalue weighted by molar-refractivity contribution is 0.0436. The smallest absolute Gasteiger partial charge is 0.0851 e. The Bertz CT molecular complexity index is 789. The van der Waals surface area contributed by atoms with Gasteiger partial charge in [0.2, 0.25) is 0 Å². The maximum atomic E-state index is 10.3. The van der Waals surface area contributed by atoms with Crippen LogP contribution in [0.3, 0.4) is 0 Å². The van der Waals surface area contributed by atoms with Crippen LogP contribution < -0.4 is 0 Å². The summed E-state index contributed by atoms with van der Waals surface area (Å²) in [6, 6.07) is 0. The van der Waals surface area contributed by atoms with Gasteiger partial charge in [-0.15, -0.1) is 0 Å². The van der Waals surface area contributed by atoms with E-state index in [1.54, 1.807) is 5.57 Å². The first-order chi connectivity index (χ1) is 14.9. The molecule has 0 aliphatic heterocycles. The van der Waals surface area contributed by atoms with Crippen molar-refractivity contribution in [3.05, 3.63) is 36.0 Å². The van der Waals surface area contributed by atoms with E-state index in [4.69, 9.17) is 4.74 Å². The van der Waals surface area contributed by atoms with Crippen LogP contribution in [0.15, 0.2) is 36.0 Å². The predicted octanol–water partition coefficient (Wildman–Crippen LogP) is 6.07. The molecule has 3 heteroatoms. The Balaban J connectivity index is 1.53. The Morgan fingerprint density at radius 2 is 1.94 bits per heavy atom. The minimum absolute atomic E-state index is 0.0176. The van der Waals surface area contributed by atoms with E-state index < -0.39 is 5.60 Å². The van der Waals surface area contributed by atoms with Crippen LogP contribution >= 0.6 is 0 Å². The van der Waals surface area contributed by atoms with Crippen molar-refractivity contribution in [2.24, 2.45) is 40.4 Å². The molecule has 0 spiro atoms. The molecule has 0 aromatic carbocycles. The minimum Gasteiger partial charge on any atom is -0.390 e. The highest BCUT2D eigenvalue weighted by atomic mass is 16.5. The lowest BCUT2D eigenvalue weighted by Crippen LogP contribution is -2.36. The van der Waals surface area contributed by atoms with Gasteiger partial charge in [0.25, 0.3) is 0 Å². The summed E-state index contributed by atoms with van der Waals surface area (Å²) in [5, 5.41) is 20.6. The van der Waals surface area contributed by atoms with E-state index in [2.05, 4.69) is 45.6 Å². The number of methoxy groups -OCH3 is 1. The largest absolute Gasteiger partial charge is 0.390 e. The Labute approximate surface area is 196 Å². The molecule has 32 heavy (non-hydrogen) atoms. The second kappa shape index (κ2) is 8.40. The van der Waals surface area contributed by atoms with E-state index in [1.807, 2.05) is 21.0 Å². The molecule has 9 atom stereocenters. The van der Waals surface area contributed by atoms with Crippen LogP contribution in [0.5, 0.6) is 0 Å². The van der Waals surface area contributed by atoms with Crippen molar-refractivity contribution in [2.45, 2.75) is 97.4 Å². The molecule has 4 fully saturated rings. The summed E-state index contributed by atoms with van der Waals surface area (Å²) in [4.78, 5) is 0. The molecule has 0 amide bonds. The lowest BCUT2D eigenvalue weighted by Gasteiger charge is -2.44. The van der Waals surface area contributed by atoms with E-state index in [9.17, 15) is 10.2 Å². The van der Waals surface area contributed by atoms with Crippen molar-refractivity contribution < 1.29 is 14.9 Å². The van der Waals surface area contributed by atoms with Crippen LogP contribution in [0.25, 0.3) is 0 Å². The molecule has 3 nitrogen and oxygen atoms in total. The molecule has 0 bridgehead atoms. The van der Waals surface area contributed by atoms with Gasteiger partial charge in [-0.2, -0.15) is 0 Å². The SMILES string of the molecule is C=C1[C@@H](O)CC2CC12C(/C=C1\CCC[C@]2(C)C([C@H](C)/C=C/[C@H](C)C(C)(C)O)CC[C@@H]12)OC. The van der Waals surface area contributed by atoms with Crippen molar-refractivity contribution in [2.75, 3.05) is 7.11 Å². The third-order valence-corrected chi connectivity index (χ3v) is 10.3. The average molecular weight is 443 g/mol. The highest BCUT2D eigenvalue weighted by Crippen LogP contribution is 2.69. The van der Waals surface area contributed by atoms with Gasteiger partial charge in [0, 0.05) is 18.4 Å². The minimum atomic E-state index is -0.674. The van der Waals surface area contributed by atoms with Gasteiger partial charge in [0.1, 0.15) is 0 Å². The summed E-state index contributed by atoms with van der Waals surface area (Å²) < 4.78 is 6.07. The molecule has 0 saturated heterocycles. The van der Waals surface area contributed by atoms with E-state index in [1.165, 1.54) is 32.1 Å². The maximum absolute atomic E-state index is 10.3. The van der Waals surface area contributed by atoms with E-state index in [-0.39, 0.29) is 23.5 Å². The number of hydrogen-bond donors (Lipinski definition) is 2. The molecule has 0 aromatic rings. The Kier molecular flexibility index (Phi) is 6.36. The maximum Gasteiger partial charge on any atom is 0.0851 e. The molecule has 2 N–H and O–H groups in total. The van der Waals surface area contributed by atoms with Crippen molar-refractivity contribution >= 4 is 0 Å². The normalized spacial score (nSPS) is 43.4. The summed E-state index contributed by atoms with van der Waals surface area (Å²) in [5.74, 6) is 2.52. The number of fused-ring (bicyclic) bond motifs is 2. The molecule has 0 heterocycles. The second-order valence-electron chi connectivity index (χ2n) is 12.4.